The molecule has 29 heavy (non-hydrogen) atoms. The molecule has 1 heterocycles. The molecule has 2 aliphatic rings. The predicted molar refractivity (Wildman–Crippen MR) is 110 cm³/mol. The lowest BCUT2D eigenvalue weighted by molar-refractivity contribution is -0.187. The van der Waals surface area contributed by atoms with E-state index in [0.717, 1.165) is 30.4 Å². The average Bonchev–Trinajstić information content (AvgIpc) is 2.65. The smallest absolute Gasteiger partial charge is 0.342 e. The van der Waals surface area contributed by atoms with E-state index in [0.29, 0.717) is 22.5 Å². The normalized spacial score (nSPS) is 25.0. The SMILES string of the molecule is O=C(O)C1OC(c2cccc(Cl)c2)C(c2ccc(Cl)cc2)N(CC2CCC2)C1=O. The monoisotopic (exact) mass is 433 g/mol. The summed E-state index contributed by atoms with van der Waals surface area (Å²) in [5.41, 5.74) is 1.57. The van der Waals surface area contributed by atoms with Gasteiger partial charge in [-0.3, -0.25) is 4.79 Å². The van der Waals surface area contributed by atoms with Gasteiger partial charge in [0.1, 0.15) is 6.10 Å². The highest BCUT2D eigenvalue weighted by Crippen LogP contribution is 2.44. The molecule has 2 aromatic carbocycles. The van der Waals surface area contributed by atoms with Crippen LogP contribution in [0.1, 0.15) is 42.5 Å². The second-order valence-corrected chi connectivity index (χ2v) is 8.49. The predicted octanol–water partition coefficient (Wildman–Crippen LogP) is 4.89. The van der Waals surface area contributed by atoms with E-state index in [2.05, 4.69) is 0 Å². The first-order valence-corrected chi connectivity index (χ1v) is 10.4. The maximum Gasteiger partial charge on any atom is 0.342 e. The van der Waals surface area contributed by atoms with E-state index in [9.17, 15) is 14.7 Å². The van der Waals surface area contributed by atoms with Crippen LogP contribution in [0.15, 0.2) is 48.5 Å². The van der Waals surface area contributed by atoms with Crippen molar-refractivity contribution in [3.63, 3.8) is 0 Å². The number of benzene rings is 2. The van der Waals surface area contributed by atoms with Crippen LogP contribution in [0.25, 0.3) is 0 Å². The van der Waals surface area contributed by atoms with Gasteiger partial charge in [0.2, 0.25) is 6.10 Å². The molecule has 1 aliphatic heterocycles. The lowest BCUT2D eigenvalue weighted by Gasteiger charge is -2.46. The van der Waals surface area contributed by atoms with Crippen molar-refractivity contribution in [1.29, 1.82) is 0 Å². The number of nitrogens with zero attached hydrogens (tertiary/aromatic N) is 1. The van der Waals surface area contributed by atoms with Crippen LogP contribution in [0.4, 0.5) is 0 Å². The van der Waals surface area contributed by atoms with Gasteiger partial charge < -0.3 is 14.7 Å². The van der Waals surface area contributed by atoms with Crippen LogP contribution in [-0.2, 0) is 14.3 Å². The van der Waals surface area contributed by atoms with Gasteiger partial charge >= 0.3 is 5.97 Å². The molecule has 0 radical (unpaired) electrons. The Morgan fingerprint density at radius 2 is 1.79 bits per heavy atom. The summed E-state index contributed by atoms with van der Waals surface area (Å²) in [5, 5.41) is 10.7. The van der Waals surface area contributed by atoms with Crippen LogP contribution in [0.2, 0.25) is 10.0 Å². The number of carbonyl (C=O) groups excluding carboxylic acids is 1. The molecule has 4 rings (SSSR count). The molecule has 0 spiro atoms. The molecule has 3 atom stereocenters. The Labute approximate surface area is 179 Å². The van der Waals surface area contributed by atoms with Gasteiger partial charge in [-0.1, -0.05) is 53.9 Å². The molecule has 2 fully saturated rings. The fourth-order valence-corrected chi connectivity index (χ4v) is 4.34. The molecule has 152 valence electrons. The minimum absolute atomic E-state index is 0.376. The average molecular weight is 434 g/mol. The van der Waals surface area contributed by atoms with E-state index < -0.39 is 30.1 Å². The molecular formula is C22H21Cl2NO4. The quantitative estimate of drug-likeness (QED) is 0.681. The fourth-order valence-electron chi connectivity index (χ4n) is 4.01. The minimum atomic E-state index is -1.54. The Kier molecular flexibility index (Phi) is 5.81. The van der Waals surface area contributed by atoms with Gasteiger partial charge in [0.25, 0.3) is 5.91 Å². The third-order valence-electron chi connectivity index (χ3n) is 5.71. The zero-order chi connectivity index (χ0) is 20.5. The molecule has 3 unspecified atom stereocenters. The van der Waals surface area contributed by atoms with Crippen molar-refractivity contribution in [2.45, 2.75) is 37.5 Å². The molecule has 1 saturated heterocycles. The molecule has 7 heteroatoms. The maximum atomic E-state index is 13.1. The highest BCUT2D eigenvalue weighted by Gasteiger charge is 2.47. The highest BCUT2D eigenvalue weighted by atomic mass is 35.5. The van der Waals surface area contributed by atoms with E-state index >= 15 is 0 Å². The van der Waals surface area contributed by atoms with E-state index in [-0.39, 0.29) is 0 Å². The summed E-state index contributed by atoms with van der Waals surface area (Å²) in [6.07, 6.45) is 1.01. The van der Waals surface area contributed by atoms with E-state index in [1.807, 2.05) is 18.2 Å². The van der Waals surface area contributed by atoms with Gasteiger partial charge in [-0.25, -0.2) is 4.79 Å². The largest absolute Gasteiger partial charge is 0.479 e. The summed E-state index contributed by atoms with van der Waals surface area (Å²) in [7, 11) is 0. The zero-order valence-corrected chi connectivity index (χ0v) is 17.1. The van der Waals surface area contributed by atoms with Crippen molar-refractivity contribution >= 4 is 35.1 Å². The van der Waals surface area contributed by atoms with Crippen LogP contribution < -0.4 is 0 Å². The van der Waals surface area contributed by atoms with Gasteiger partial charge in [-0.2, -0.15) is 0 Å². The molecular weight excluding hydrogens is 413 g/mol. The summed E-state index contributed by atoms with van der Waals surface area (Å²) in [6, 6.07) is 13.9. The first-order valence-electron chi connectivity index (χ1n) is 9.63. The molecule has 5 nitrogen and oxygen atoms in total. The van der Waals surface area contributed by atoms with Gasteiger partial charge in [0.15, 0.2) is 0 Å². The molecule has 1 saturated carbocycles. The number of ether oxygens (including phenoxy) is 1. The van der Waals surface area contributed by atoms with Crippen LogP contribution in [0.5, 0.6) is 0 Å². The van der Waals surface area contributed by atoms with Gasteiger partial charge in [0.05, 0.1) is 6.04 Å². The lowest BCUT2D eigenvalue weighted by Crippen LogP contribution is -2.55. The standard InChI is InChI=1S/C22H21Cl2NO4/c23-16-9-7-14(8-10-16)18-19(15-5-2-6-17(24)11-15)29-20(22(27)28)21(26)25(18)12-13-3-1-4-13/h2,5-11,13,18-20H,1,3-4,12H2,(H,27,28). The molecule has 0 aromatic heterocycles. The number of amides is 1. The Bertz CT molecular complexity index is 913. The van der Waals surface area contributed by atoms with Crippen molar-refractivity contribution in [1.82, 2.24) is 4.90 Å². The van der Waals surface area contributed by atoms with Crippen LogP contribution >= 0.6 is 23.2 Å². The number of carboxylic acid groups (broad SMARTS) is 1. The summed E-state index contributed by atoms with van der Waals surface area (Å²) < 4.78 is 5.88. The molecule has 2 aromatic rings. The third kappa shape index (κ3) is 4.13. The number of aliphatic carboxylic acids is 1. The van der Waals surface area contributed by atoms with E-state index in [1.165, 1.54) is 0 Å². The second kappa shape index (κ2) is 8.34. The minimum Gasteiger partial charge on any atom is -0.479 e. The first-order chi connectivity index (χ1) is 13.9. The lowest BCUT2D eigenvalue weighted by atomic mass is 9.83. The summed E-state index contributed by atoms with van der Waals surface area (Å²) in [6.45, 7) is 0.510. The van der Waals surface area contributed by atoms with Gasteiger partial charge in [-0.15, -0.1) is 0 Å². The number of rotatable bonds is 5. The first kappa shape index (κ1) is 20.2. The Hall–Kier alpha value is -2.08. The molecule has 1 amide bonds. The maximum absolute atomic E-state index is 13.1. The number of carbonyl (C=O) groups is 2. The number of hydrogen-bond acceptors (Lipinski definition) is 3. The van der Waals surface area contributed by atoms with E-state index in [1.54, 1.807) is 35.2 Å². The zero-order valence-electron chi connectivity index (χ0n) is 15.6. The fraction of sp³-hybridized carbons (Fsp3) is 0.364. The van der Waals surface area contributed by atoms with Crippen molar-refractivity contribution in [3.05, 3.63) is 69.7 Å². The van der Waals surface area contributed by atoms with Crippen molar-refractivity contribution in [3.8, 4) is 0 Å². The van der Waals surface area contributed by atoms with Crippen LogP contribution in [0, 0.1) is 5.92 Å². The molecule has 1 aliphatic carbocycles. The van der Waals surface area contributed by atoms with Crippen molar-refractivity contribution in [2.75, 3.05) is 6.54 Å². The van der Waals surface area contributed by atoms with Crippen LogP contribution in [0.3, 0.4) is 0 Å². The van der Waals surface area contributed by atoms with Gasteiger partial charge in [-0.05, 0) is 54.2 Å². The Morgan fingerprint density at radius 1 is 1.07 bits per heavy atom. The van der Waals surface area contributed by atoms with E-state index in [4.69, 9.17) is 27.9 Å². The van der Waals surface area contributed by atoms with Gasteiger partial charge in [0, 0.05) is 16.6 Å². The molecule has 0 bridgehead atoms. The Balaban J connectivity index is 1.80. The third-order valence-corrected chi connectivity index (χ3v) is 6.19. The highest BCUT2D eigenvalue weighted by molar-refractivity contribution is 6.30. The second-order valence-electron chi connectivity index (χ2n) is 7.61. The number of morpholine rings is 1. The number of halogens is 2. The Morgan fingerprint density at radius 3 is 2.38 bits per heavy atom. The molecule has 1 N–H and O–H groups in total. The summed E-state index contributed by atoms with van der Waals surface area (Å²) in [5.74, 6) is -1.42. The summed E-state index contributed by atoms with van der Waals surface area (Å²) >= 11 is 12.3. The van der Waals surface area contributed by atoms with Crippen LogP contribution in [-0.4, -0.2) is 34.5 Å². The number of carboxylic acids is 1. The van der Waals surface area contributed by atoms with Crippen molar-refractivity contribution < 1.29 is 19.4 Å². The summed E-state index contributed by atoms with van der Waals surface area (Å²) in [4.78, 5) is 26.6. The van der Waals surface area contributed by atoms with Crippen molar-refractivity contribution in [2.24, 2.45) is 5.92 Å². The topological polar surface area (TPSA) is 66.8 Å². The number of hydrogen-bond donors (Lipinski definition) is 1.